The second-order valence-electron chi connectivity index (χ2n) is 4.77. The lowest BCUT2D eigenvalue weighted by atomic mass is 10.1. The highest BCUT2D eigenvalue weighted by molar-refractivity contribution is 6.15. The highest BCUT2D eigenvalue weighted by Crippen LogP contribution is 2.39. The summed E-state index contributed by atoms with van der Waals surface area (Å²) in [4.78, 5) is 12.3. The van der Waals surface area contributed by atoms with Crippen molar-refractivity contribution in [3.05, 3.63) is 58.8 Å². The van der Waals surface area contributed by atoms with E-state index in [0.717, 1.165) is 5.56 Å². The van der Waals surface area contributed by atoms with E-state index in [2.05, 4.69) is 0 Å². The van der Waals surface area contributed by atoms with Crippen LogP contribution in [0.1, 0.15) is 21.5 Å². The van der Waals surface area contributed by atoms with Crippen LogP contribution in [-0.2, 0) is 0 Å². The van der Waals surface area contributed by atoms with Gasteiger partial charge < -0.3 is 14.6 Å². The molecule has 0 saturated heterocycles. The van der Waals surface area contributed by atoms with Gasteiger partial charge in [-0.15, -0.1) is 0 Å². The Balaban J connectivity index is 2.05. The van der Waals surface area contributed by atoms with Crippen LogP contribution in [0.2, 0.25) is 0 Å². The number of phenols is 1. The molecule has 1 aliphatic heterocycles. The highest BCUT2D eigenvalue weighted by atomic mass is 16.5. The minimum absolute atomic E-state index is 0.111. The number of carbonyl (C=O) groups excluding carboxylic acids is 1. The van der Waals surface area contributed by atoms with Crippen molar-refractivity contribution in [1.29, 1.82) is 0 Å². The van der Waals surface area contributed by atoms with Gasteiger partial charge in [-0.1, -0.05) is 18.2 Å². The third-order valence-corrected chi connectivity index (χ3v) is 3.48. The Morgan fingerprint density at radius 2 is 1.95 bits per heavy atom. The van der Waals surface area contributed by atoms with E-state index in [0.29, 0.717) is 22.6 Å². The van der Waals surface area contributed by atoms with Gasteiger partial charge in [0, 0.05) is 11.1 Å². The van der Waals surface area contributed by atoms with E-state index in [1.807, 2.05) is 24.3 Å². The number of Topliss-reactive ketones (excluding diaryl/α,β-unsaturated/α-hetero) is 1. The van der Waals surface area contributed by atoms with Crippen molar-refractivity contribution < 1.29 is 19.4 Å². The molecular weight excluding hydrogens is 268 g/mol. The van der Waals surface area contributed by atoms with E-state index < -0.39 is 0 Å². The molecule has 1 heterocycles. The van der Waals surface area contributed by atoms with Gasteiger partial charge in [0.2, 0.25) is 5.78 Å². The minimum Gasteiger partial charge on any atom is -0.508 e. The summed E-state index contributed by atoms with van der Waals surface area (Å²) in [6, 6.07) is 10.4. The van der Waals surface area contributed by atoms with E-state index >= 15 is 0 Å². The minimum atomic E-state index is -0.195. The predicted octanol–water partition coefficient (Wildman–Crippen LogP) is 3.33. The van der Waals surface area contributed by atoms with Crippen LogP contribution >= 0.6 is 0 Å². The van der Waals surface area contributed by atoms with Crippen LogP contribution in [-0.4, -0.2) is 18.0 Å². The summed E-state index contributed by atoms with van der Waals surface area (Å²) in [7, 11) is 1.58. The van der Waals surface area contributed by atoms with Gasteiger partial charge in [-0.2, -0.15) is 0 Å². The molecule has 0 unspecified atom stereocenters. The third-order valence-electron chi connectivity index (χ3n) is 3.48. The summed E-state index contributed by atoms with van der Waals surface area (Å²) >= 11 is 0. The molecule has 0 radical (unpaired) electrons. The largest absolute Gasteiger partial charge is 0.508 e. The quantitative estimate of drug-likeness (QED) is 0.858. The molecule has 2 aromatic rings. The summed E-state index contributed by atoms with van der Waals surface area (Å²) in [5, 5.41) is 9.70. The summed E-state index contributed by atoms with van der Waals surface area (Å²) in [6.07, 6.45) is 1.65. The second kappa shape index (κ2) is 4.98. The first-order valence-electron chi connectivity index (χ1n) is 6.51. The van der Waals surface area contributed by atoms with Gasteiger partial charge in [0.15, 0.2) is 5.76 Å². The molecule has 1 N–H and O–H groups in total. The van der Waals surface area contributed by atoms with Crippen LogP contribution in [0.25, 0.3) is 6.08 Å². The lowest BCUT2D eigenvalue weighted by Crippen LogP contribution is -1.98. The zero-order valence-corrected chi connectivity index (χ0v) is 11.7. The molecule has 1 aliphatic rings. The first kappa shape index (κ1) is 13.2. The van der Waals surface area contributed by atoms with Crippen molar-refractivity contribution >= 4 is 11.9 Å². The number of fused-ring (bicyclic) bond motifs is 1. The zero-order valence-electron chi connectivity index (χ0n) is 11.7. The molecule has 2 aromatic carbocycles. The maximum Gasteiger partial charge on any atom is 0.231 e. The van der Waals surface area contributed by atoms with E-state index in [9.17, 15) is 9.90 Å². The molecule has 3 rings (SSSR count). The lowest BCUT2D eigenvalue weighted by Gasteiger charge is -2.05. The number of ether oxygens (including phenoxy) is 2. The molecule has 0 aliphatic carbocycles. The van der Waals surface area contributed by atoms with Crippen LogP contribution in [0.4, 0.5) is 0 Å². The molecule has 0 saturated carbocycles. The Hall–Kier alpha value is -2.75. The molecule has 0 aromatic heterocycles. The Morgan fingerprint density at radius 1 is 1.19 bits per heavy atom. The van der Waals surface area contributed by atoms with Gasteiger partial charge in [0.1, 0.15) is 17.2 Å². The number of benzene rings is 2. The monoisotopic (exact) mass is 282 g/mol. The van der Waals surface area contributed by atoms with Gasteiger partial charge in [-0.25, -0.2) is 0 Å². The summed E-state index contributed by atoms with van der Waals surface area (Å²) in [5.74, 6) is 1.22. The van der Waals surface area contributed by atoms with E-state index in [-0.39, 0.29) is 17.3 Å². The van der Waals surface area contributed by atoms with Crippen LogP contribution in [0.3, 0.4) is 0 Å². The number of aromatic hydroxyl groups is 1. The first-order chi connectivity index (χ1) is 10.1. The van der Waals surface area contributed by atoms with Crippen molar-refractivity contribution in [2.24, 2.45) is 0 Å². The normalized spacial score (nSPS) is 15.0. The molecule has 4 nitrogen and oxygen atoms in total. The van der Waals surface area contributed by atoms with Crippen LogP contribution < -0.4 is 9.47 Å². The molecule has 0 fully saturated rings. The molecule has 0 amide bonds. The number of phenolic OH excluding ortho intramolecular Hbond substituents is 1. The number of ketones is 1. The van der Waals surface area contributed by atoms with Crippen LogP contribution in [0, 0.1) is 6.92 Å². The van der Waals surface area contributed by atoms with Gasteiger partial charge >= 0.3 is 0 Å². The molecule has 4 heteroatoms. The average Bonchev–Trinajstić information content (AvgIpc) is 2.81. The summed E-state index contributed by atoms with van der Waals surface area (Å²) in [5.41, 5.74) is 1.79. The van der Waals surface area contributed by atoms with Gasteiger partial charge in [0.05, 0.1) is 12.7 Å². The van der Waals surface area contributed by atoms with E-state index in [1.54, 1.807) is 26.2 Å². The Morgan fingerprint density at radius 3 is 2.71 bits per heavy atom. The number of methoxy groups -OCH3 is 1. The molecule has 0 bridgehead atoms. The maximum absolute atomic E-state index is 12.3. The smallest absolute Gasteiger partial charge is 0.231 e. The zero-order chi connectivity index (χ0) is 15.0. The Kier molecular flexibility index (Phi) is 3.14. The number of para-hydroxylation sites is 1. The number of rotatable bonds is 2. The topological polar surface area (TPSA) is 55.8 Å². The van der Waals surface area contributed by atoms with Gasteiger partial charge in [-0.3, -0.25) is 4.79 Å². The van der Waals surface area contributed by atoms with E-state index in [4.69, 9.17) is 9.47 Å². The summed E-state index contributed by atoms with van der Waals surface area (Å²) in [6.45, 7) is 1.72. The maximum atomic E-state index is 12.3. The predicted molar refractivity (Wildman–Crippen MR) is 78.8 cm³/mol. The molecule has 106 valence electrons. The van der Waals surface area contributed by atoms with Crippen LogP contribution in [0.15, 0.2) is 42.2 Å². The van der Waals surface area contributed by atoms with Gasteiger partial charge in [0.25, 0.3) is 0 Å². The fourth-order valence-corrected chi connectivity index (χ4v) is 2.30. The van der Waals surface area contributed by atoms with Crippen LogP contribution in [0.5, 0.6) is 17.2 Å². The fraction of sp³-hybridized carbons (Fsp3) is 0.118. The Labute approximate surface area is 122 Å². The van der Waals surface area contributed by atoms with Gasteiger partial charge in [-0.05, 0) is 31.2 Å². The molecule has 0 atom stereocenters. The summed E-state index contributed by atoms with van der Waals surface area (Å²) < 4.78 is 10.9. The molecule has 21 heavy (non-hydrogen) atoms. The number of allylic oxidation sites excluding steroid dienone is 1. The number of hydrogen-bond donors (Lipinski definition) is 1. The van der Waals surface area contributed by atoms with Crippen molar-refractivity contribution in [3.63, 3.8) is 0 Å². The average molecular weight is 282 g/mol. The SMILES string of the molecule is COc1ccccc1/C=C1\Oc2c(ccc(O)c2C)C1=O. The first-order valence-corrected chi connectivity index (χ1v) is 6.51. The Bertz CT molecular complexity index is 759. The molecular formula is C17H14O4. The van der Waals surface area contributed by atoms with Crippen molar-refractivity contribution in [3.8, 4) is 17.2 Å². The second-order valence-corrected chi connectivity index (χ2v) is 4.77. The lowest BCUT2D eigenvalue weighted by molar-refractivity contribution is 0.101. The van der Waals surface area contributed by atoms with Crippen molar-refractivity contribution in [2.45, 2.75) is 6.92 Å². The van der Waals surface area contributed by atoms with E-state index in [1.165, 1.54) is 6.07 Å². The fourth-order valence-electron chi connectivity index (χ4n) is 2.30. The highest BCUT2D eigenvalue weighted by Gasteiger charge is 2.29. The van der Waals surface area contributed by atoms with Crippen molar-refractivity contribution in [2.75, 3.05) is 7.11 Å². The number of hydrogen-bond acceptors (Lipinski definition) is 4. The third kappa shape index (κ3) is 2.14. The number of carbonyl (C=O) groups is 1. The van der Waals surface area contributed by atoms with Crippen molar-refractivity contribution in [1.82, 2.24) is 0 Å². The standard InChI is InChI=1S/C17H14O4/c1-10-13(18)8-7-12-16(19)15(21-17(10)12)9-11-5-3-4-6-14(11)20-2/h3-9,18H,1-2H3/b15-9-. The molecule has 0 spiro atoms.